The molecule has 3 heteroatoms. The SMILES string of the molecule is CC(C)=Cc1cccc(/C(Cl)=C\c2ccc3cc(C(=N)N)ccc3c2)c1. The van der Waals surface area contributed by atoms with E-state index in [1.54, 1.807) is 0 Å². The van der Waals surface area contributed by atoms with Gasteiger partial charge in [0, 0.05) is 10.6 Å². The van der Waals surface area contributed by atoms with Crippen LogP contribution in [0.3, 0.4) is 0 Å². The first-order valence-electron chi connectivity index (χ1n) is 8.43. The molecule has 0 unspecified atom stereocenters. The lowest BCUT2D eigenvalue weighted by Crippen LogP contribution is -2.10. The van der Waals surface area contributed by atoms with Gasteiger partial charge in [-0.25, -0.2) is 0 Å². The summed E-state index contributed by atoms with van der Waals surface area (Å²) in [4.78, 5) is 0. The van der Waals surface area contributed by atoms with Crippen molar-refractivity contribution in [3.63, 3.8) is 0 Å². The number of fused-ring (bicyclic) bond motifs is 1. The van der Waals surface area contributed by atoms with Crippen molar-refractivity contribution >= 4 is 45.4 Å². The Morgan fingerprint density at radius 1 is 0.846 bits per heavy atom. The monoisotopic (exact) mass is 360 g/mol. The molecular weight excluding hydrogens is 340 g/mol. The van der Waals surface area contributed by atoms with Gasteiger partial charge in [-0.2, -0.15) is 0 Å². The quantitative estimate of drug-likeness (QED) is 0.321. The van der Waals surface area contributed by atoms with E-state index in [1.165, 1.54) is 5.57 Å². The highest BCUT2D eigenvalue weighted by Gasteiger charge is 2.03. The second kappa shape index (κ2) is 7.59. The smallest absolute Gasteiger partial charge is 0.122 e. The Kier molecular flexibility index (Phi) is 5.24. The molecule has 0 saturated heterocycles. The molecule has 0 radical (unpaired) electrons. The van der Waals surface area contributed by atoms with E-state index in [1.807, 2.05) is 48.5 Å². The fourth-order valence-electron chi connectivity index (χ4n) is 2.86. The second-order valence-electron chi connectivity index (χ2n) is 6.57. The first-order valence-corrected chi connectivity index (χ1v) is 8.81. The molecule has 3 aromatic rings. The second-order valence-corrected chi connectivity index (χ2v) is 6.98. The molecule has 26 heavy (non-hydrogen) atoms. The summed E-state index contributed by atoms with van der Waals surface area (Å²) in [5.41, 5.74) is 10.7. The summed E-state index contributed by atoms with van der Waals surface area (Å²) in [5, 5.41) is 10.4. The summed E-state index contributed by atoms with van der Waals surface area (Å²) in [6.07, 6.45) is 4.11. The minimum absolute atomic E-state index is 0.0789. The Bertz CT molecular complexity index is 1040. The summed E-state index contributed by atoms with van der Waals surface area (Å²) < 4.78 is 0. The topological polar surface area (TPSA) is 49.9 Å². The highest BCUT2D eigenvalue weighted by molar-refractivity contribution is 6.51. The molecule has 0 aliphatic carbocycles. The summed E-state index contributed by atoms with van der Waals surface area (Å²) >= 11 is 6.56. The van der Waals surface area contributed by atoms with Gasteiger partial charge in [0.2, 0.25) is 0 Å². The van der Waals surface area contributed by atoms with Crippen molar-refractivity contribution in [2.75, 3.05) is 0 Å². The summed E-state index contributed by atoms with van der Waals surface area (Å²) in [6, 6.07) is 20.1. The molecule has 3 aromatic carbocycles. The number of allylic oxidation sites excluding steroid dienone is 1. The van der Waals surface area contributed by atoms with E-state index in [0.29, 0.717) is 5.03 Å². The molecule has 3 N–H and O–H groups in total. The van der Waals surface area contributed by atoms with E-state index in [4.69, 9.17) is 22.7 Å². The maximum Gasteiger partial charge on any atom is 0.122 e. The van der Waals surface area contributed by atoms with Gasteiger partial charge < -0.3 is 5.73 Å². The van der Waals surface area contributed by atoms with Crippen LogP contribution in [0, 0.1) is 5.41 Å². The zero-order valence-corrected chi connectivity index (χ0v) is 15.6. The molecule has 0 heterocycles. The van der Waals surface area contributed by atoms with Gasteiger partial charge in [-0.05, 0) is 65.6 Å². The van der Waals surface area contributed by atoms with E-state index >= 15 is 0 Å². The van der Waals surface area contributed by atoms with Crippen LogP contribution < -0.4 is 5.73 Å². The maximum absolute atomic E-state index is 7.55. The molecular formula is C23H21ClN2. The molecule has 130 valence electrons. The van der Waals surface area contributed by atoms with Crippen molar-refractivity contribution in [1.82, 2.24) is 0 Å². The molecule has 0 aromatic heterocycles. The largest absolute Gasteiger partial charge is 0.384 e. The number of nitrogen functional groups attached to an aromatic ring is 1. The van der Waals surface area contributed by atoms with Crippen molar-refractivity contribution in [2.45, 2.75) is 13.8 Å². The van der Waals surface area contributed by atoms with E-state index in [2.05, 4.69) is 38.1 Å². The molecule has 0 amide bonds. The van der Waals surface area contributed by atoms with Crippen LogP contribution in [-0.4, -0.2) is 5.84 Å². The predicted molar refractivity (Wildman–Crippen MR) is 114 cm³/mol. The van der Waals surface area contributed by atoms with Gasteiger partial charge in [0.15, 0.2) is 0 Å². The summed E-state index contributed by atoms with van der Waals surface area (Å²) in [6.45, 7) is 4.16. The molecule has 0 aliphatic rings. The zero-order chi connectivity index (χ0) is 18.7. The average Bonchev–Trinajstić information content (AvgIpc) is 2.60. The molecule has 0 spiro atoms. The number of amidine groups is 1. The minimum Gasteiger partial charge on any atom is -0.384 e. The standard InChI is InChI=1S/C23H21ClN2/c1-15(2)10-16-4-3-5-20(12-16)22(24)13-17-6-7-19-14-21(23(25)26)9-8-18(19)11-17/h3-14H,1-2H3,(H3,25,26)/b22-13+. The lowest BCUT2D eigenvalue weighted by atomic mass is 10.0. The van der Waals surface area contributed by atoms with Gasteiger partial charge >= 0.3 is 0 Å². The highest BCUT2D eigenvalue weighted by Crippen LogP contribution is 2.26. The van der Waals surface area contributed by atoms with E-state index in [9.17, 15) is 0 Å². The third kappa shape index (κ3) is 4.22. The van der Waals surface area contributed by atoms with Gasteiger partial charge in [0.25, 0.3) is 0 Å². The van der Waals surface area contributed by atoms with Crippen LogP contribution in [-0.2, 0) is 0 Å². The first-order chi connectivity index (χ1) is 12.4. The Hall–Kier alpha value is -2.84. The van der Waals surface area contributed by atoms with Crippen LogP contribution in [0.5, 0.6) is 0 Å². The first kappa shape index (κ1) is 18.0. The minimum atomic E-state index is 0.0789. The van der Waals surface area contributed by atoms with Crippen LogP contribution in [0.25, 0.3) is 28.0 Å². The lowest BCUT2D eigenvalue weighted by molar-refractivity contribution is 1.42. The van der Waals surface area contributed by atoms with Crippen LogP contribution in [0.4, 0.5) is 0 Å². The predicted octanol–water partition coefficient (Wildman–Crippen LogP) is 6.28. The fourth-order valence-corrected chi connectivity index (χ4v) is 3.11. The number of nitrogens with two attached hydrogens (primary N) is 1. The van der Waals surface area contributed by atoms with E-state index < -0.39 is 0 Å². The molecule has 0 atom stereocenters. The van der Waals surface area contributed by atoms with Crippen molar-refractivity contribution in [3.8, 4) is 0 Å². The Balaban J connectivity index is 1.95. The summed E-state index contributed by atoms with van der Waals surface area (Å²) in [7, 11) is 0. The van der Waals surface area contributed by atoms with Crippen LogP contribution in [0.15, 0.2) is 66.2 Å². The zero-order valence-electron chi connectivity index (χ0n) is 14.9. The molecule has 0 fully saturated rings. The average molecular weight is 361 g/mol. The van der Waals surface area contributed by atoms with Gasteiger partial charge in [-0.15, -0.1) is 0 Å². The molecule has 0 bridgehead atoms. The molecule has 0 aliphatic heterocycles. The maximum atomic E-state index is 7.55. The number of rotatable bonds is 4. The third-order valence-corrected chi connectivity index (χ3v) is 4.41. The number of hydrogen-bond acceptors (Lipinski definition) is 1. The number of halogens is 1. The van der Waals surface area contributed by atoms with Crippen LogP contribution in [0.1, 0.15) is 36.1 Å². The highest BCUT2D eigenvalue weighted by atomic mass is 35.5. The van der Waals surface area contributed by atoms with Crippen molar-refractivity contribution in [1.29, 1.82) is 5.41 Å². The number of benzene rings is 3. The van der Waals surface area contributed by atoms with Gasteiger partial charge in [-0.3, -0.25) is 5.41 Å². The molecule has 2 nitrogen and oxygen atoms in total. The van der Waals surface area contributed by atoms with Gasteiger partial charge in [-0.1, -0.05) is 65.7 Å². The Morgan fingerprint density at radius 3 is 2.27 bits per heavy atom. The molecule has 0 saturated carbocycles. The van der Waals surface area contributed by atoms with Crippen molar-refractivity contribution in [2.24, 2.45) is 5.73 Å². The van der Waals surface area contributed by atoms with E-state index in [0.717, 1.165) is 33.0 Å². The van der Waals surface area contributed by atoms with Crippen molar-refractivity contribution < 1.29 is 0 Å². The fraction of sp³-hybridized carbons (Fsp3) is 0.0870. The third-order valence-electron chi connectivity index (χ3n) is 4.09. The van der Waals surface area contributed by atoms with Crippen molar-refractivity contribution in [3.05, 3.63) is 88.5 Å². The molecule has 3 rings (SSSR count). The Morgan fingerprint density at radius 2 is 1.54 bits per heavy atom. The van der Waals surface area contributed by atoms with E-state index in [-0.39, 0.29) is 5.84 Å². The summed E-state index contributed by atoms with van der Waals surface area (Å²) in [5.74, 6) is 0.0789. The van der Waals surface area contributed by atoms with Crippen LogP contribution in [0.2, 0.25) is 0 Å². The van der Waals surface area contributed by atoms with Gasteiger partial charge in [0.1, 0.15) is 5.84 Å². The normalized spacial score (nSPS) is 11.4. The van der Waals surface area contributed by atoms with Gasteiger partial charge in [0.05, 0.1) is 0 Å². The van der Waals surface area contributed by atoms with Crippen LogP contribution >= 0.6 is 11.6 Å². The Labute approximate surface area is 159 Å². The lowest BCUT2D eigenvalue weighted by Gasteiger charge is -2.05. The number of hydrogen-bond donors (Lipinski definition) is 2. The number of nitrogens with one attached hydrogen (secondary N) is 1.